The third-order valence-electron chi connectivity index (χ3n) is 3.08. The summed E-state index contributed by atoms with van der Waals surface area (Å²) < 4.78 is 6.91. The normalized spacial score (nSPS) is 11.0. The Morgan fingerprint density at radius 1 is 1.21 bits per heavy atom. The lowest BCUT2D eigenvalue weighted by molar-refractivity contribution is 0.425. The Bertz CT molecular complexity index is 935. The summed E-state index contributed by atoms with van der Waals surface area (Å²) in [7, 11) is 0. The van der Waals surface area contributed by atoms with Gasteiger partial charge in [0.25, 0.3) is 5.89 Å². The molecule has 4 aromatic rings. The molecular weight excluding hydrogens is 368 g/mol. The van der Waals surface area contributed by atoms with Crippen molar-refractivity contribution in [3.05, 3.63) is 51.9 Å². The third-order valence-corrected chi connectivity index (χ3v) is 4.93. The number of nitrogens with zero attached hydrogens (tertiary/aromatic N) is 6. The van der Waals surface area contributed by atoms with Gasteiger partial charge in [0.1, 0.15) is 0 Å². The van der Waals surface area contributed by atoms with Crippen LogP contribution in [0.5, 0.6) is 0 Å². The van der Waals surface area contributed by atoms with Gasteiger partial charge in [0.2, 0.25) is 5.16 Å². The van der Waals surface area contributed by atoms with Gasteiger partial charge in [0.05, 0.1) is 17.0 Å². The Kier molecular flexibility index (Phi) is 4.28. The standard InChI is InChI=1S/C14H9ClN6OS2/c15-10-1-3-11(4-2-10)21-14(17-19-20-21)24-8-12-16-13(22-18-12)9-5-6-23-7-9/h1-7H,8H2. The van der Waals surface area contributed by atoms with Crippen molar-refractivity contribution in [3.63, 3.8) is 0 Å². The number of hydrogen-bond acceptors (Lipinski definition) is 8. The lowest BCUT2D eigenvalue weighted by atomic mass is 10.3. The molecule has 0 fully saturated rings. The first-order valence-electron chi connectivity index (χ1n) is 6.82. The number of thioether (sulfide) groups is 1. The topological polar surface area (TPSA) is 82.5 Å². The van der Waals surface area contributed by atoms with Crippen LogP contribution in [0.4, 0.5) is 0 Å². The minimum absolute atomic E-state index is 0.502. The predicted octanol–water partition coefficient (Wildman–Crippen LogP) is 3.72. The van der Waals surface area contributed by atoms with Gasteiger partial charge in [-0.2, -0.15) is 21.0 Å². The van der Waals surface area contributed by atoms with Crippen molar-refractivity contribution in [1.82, 2.24) is 30.3 Å². The van der Waals surface area contributed by atoms with Gasteiger partial charge in [-0.25, -0.2) is 0 Å². The summed E-state index contributed by atoms with van der Waals surface area (Å²) >= 11 is 8.92. The SMILES string of the molecule is Clc1ccc(-n2nnnc2SCc2noc(-c3ccsc3)n2)cc1. The summed E-state index contributed by atoms with van der Waals surface area (Å²) in [5.41, 5.74) is 1.76. The van der Waals surface area contributed by atoms with E-state index in [1.807, 2.05) is 29.0 Å². The summed E-state index contributed by atoms with van der Waals surface area (Å²) in [4.78, 5) is 4.38. The molecule has 0 aliphatic heterocycles. The molecule has 0 saturated carbocycles. The zero-order valence-electron chi connectivity index (χ0n) is 12.0. The highest BCUT2D eigenvalue weighted by molar-refractivity contribution is 7.98. The molecular formula is C14H9ClN6OS2. The van der Waals surface area contributed by atoms with Crippen LogP contribution in [0, 0.1) is 0 Å². The molecule has 0 amide bonds. The van der Waals surface area contributed by atoms with Crippen LogP contribution in [0.25, 0.3) is 17.1 Å². The smallest absolute Gasteiger partial charge is 0.258 e. The van der Waals surface area contributed by atoms with Gasteiger partial charge in [0, 0.05) is 10.4 Å². The molecule has 0 N–H and O–H groups in total. The lowest BCUT2D eigenvalue weighted by Gasteiger charge is -2.02. The van der Waals surface area contributed by atoms with E-state index in [-0.39, 0.29) is 0 Å². The monoisotopic (exact) mass is 376 g/mol. The predicted molar refractivity (Wildman–Crippen MR) is 91.3 cm³/mol. The summed E-state index contributed by atoms with van der Waals surface area (Å²) in [6.07, 6.45) is 0. The van der Waals surface area contributed by atoms with Gasteiger partial charge in [0.15, 0.2) is 5.82 Å². The Morgan fingerprint density at radius 3 is 2.88 bits per heavy atom. The fourth-order valence-corrected chi connectivity index (χ4v) is 3.45. The molecule has 4 rings (SSSR count). The highest BCUT2D eigenvalue weighted by Crippen LogP contribution is 2.24. The maximum absolute atomic E-state index is 5.91. The average Bonchev–Trinajstić information content (AvgIpc) is 3.34. The highest BCUT2D eigenvalue weighted by Gasteiger charge is 2.13. The molecule has 0 aliphatic carbocycles. The minimum atomic E-state index is 0.502. The number of tetrazole rings is 1. The van der Waals surface area contributed by atoms with E-state index in [0.29, 0.717) is 27.6 Å². The molecule has 0 saturated heterocycles. The molecule has 7 nitrogen and oxygen atoms in total. The molecule has 0 spiro atoms. The largest absolute Gasteiger partial charge is 0.334 e. The number of benzene rings is 1. The van der Waals surface area contributed by atoms with Crippen molar-refractivity contribution >= 4 is 34.7 Å². The first-order chi connectivity index (χ1) is 11.8. The minimum Gasteiger partial charge on any atom is -0.334 e. The second-order valence-corrected chi connectivity index (χ2v) is 6.83. The maximum atomic E-state index is 5.91. The van der Waals surface area contributed by atoms with E-state index in [4.69, 9.17) is 16.1 Å². The molecule has 120 valence electrons. The van der Waals surface area contributed by atoms with Crippen LogP contribution in [-0.4, -0.2) is 30.3 Å². The molecule has 3 heterocycles. The van der Waals surface area contributed by atoms with Crippen molar-refractivity contribution in [2.45, 2.75) is 10.9 Å². The highest BCUT2D eigenvalue weighted by atomic mass is 35.5. The van der Waals surface area contributed by atoms with E-state index in [2.05, 4.69) is 25.7 Å². The second-order valence-electron chi connectivity index (χ2n) is 4.67. The lowest BCUT2D eigenvalue weighted by Crippen LogP contribution is -1.99. The molecule has 0 atom stereocenters. The Hall–Kier alpha value is -2.23. The number of halogens is 1. The Morgan fingerprint density at radius 2 is 2.08 bits per heavy atom. The van der Waals surface area contributed by atoms with E-state index in [1.165, 1.54) is 11.8 Å². The average molecular weight is 377 g/mol. The summed E-state index contributed by atoms with van der Waals surface area (Å²) in [6, 6.07) is 9.23. The van der Waals surface area contributed by atoms with Crippen LogP contribution >= 0.6 is 34.7 Å². The van der Waals surface area contributed by atoms with Gasteiger partial charge in [-0.05, 0) is 46.1 Å². The van der Waals surface area contributed by atoms with Crippen LogP contribution in [0.3, 0.4) is 0 Å². The van der Waals surface area contributed by atoms with Crippen LogP contribution in [-0.2, 0) is 5.75 Å². The molecule has 0 radical (unpaired) electrons. The van der Waals surface area contributed by atoms with Crippen LogP contribution in [0.15, 0.2) is 50.8 Å². The molecule has 0 aliphatic rings. The Labute approximate surface area is 149 Å². The first kappa shape index (κ1) is 15.3. The zero-order chi connectivity index (χ0) is 16.4. The zero-order valence-corrected chi connectivity index (χ0v) is 14.4. The number of rotatable bonds is 5. The molecule has 0 unspecified atom stereocenters. The van der Waals surface area contributed by atoms with Gasteiger partial charge in [-0.1, -0.05) is 28.5 Å². The number of thiophene rings is 1. The quantitative estimate of drug-likeness (QED) is 0.491. The number of aromatic nitrogens is 6. The summed E-state index contributed by atoms with van der Waals surface area (Å²) in [6.45, 7) is 0. The fourth-order valence-electron chi connectivity index (χ4n) is 1.96. The molecule has 3 aromatic heterocycles. The van der Waals surface area contributed by atoms with Gasteiger partial charge in [-0.3, -0.25) is 0 Å². The van der Waals surface area contributed by atoms with Gasteiger partial charge in [-0.15, -0.1) is 5.10 Å². The number of hydrogen-bond donors (Lipinski definition) is 0. The summed E-state index contributed by atoms with van der Waals surface area (Å²) in [5, 5.41) is 21.0. The molecule has 1 aromatic carbocycles. The third kappa shape index (κ3) is 3.18. The van der Waals surface area contributed by atoms with Crippen molar-refractivity contribution in [1.29, 1.82) is 0 Å². The molecule has 24 heavy (non-hydrogen) atoms. The van der Waals surface area contributed by atoms with Crippen LogP contribution in [0.2, 0.25) is 5.02 Å². The fraction of sp³-hybridized carbons (Fsp3) is 0.0714. The summed E-state index contributed by atoms with van der Waals surface area (Å²) in [5.74, 6) is 1.61. The van der Waals surface area contributed by atoms with E-state index < -0.39 is 0 Å². The maximum Gasteiger partial charge on any atom is 0.258 e. The Balaban J connectivity index is 1.49. The molecule has 10 heteroatoms. The van der Waals surface area contributed by atoms with E-state index in [1.54, 1.807) is 28.2 Å². The van der Waals surface area contributed by atoms with E-state index in [9.17, 15) is 0 Å². The van der Waals surface area contributed by atoms with Crippen molar-refractivity contribution in [3.8, 4) is 17.1 Å². The van der Waals surface area contributed by atoms with Crippen molar-refractivity contribution in [2.24, 2.45) is 0 Å². The first-order valence-corrected chi connectivity index (χ1v) is 9.12. The van der Waals surface area contributed by atoms with Crippen molar-refractivity contribution in [2.75, 3.05) is 0 Å². The second kappa shape index (κ2) is 6.71. The van der Waals surface area contributed by atoms with Crippen LogP contribution in [0.1, 0.15) is 5.82 Å². The van der Waals surface area contributed by atoms with Crippen LogP contribution < -0.4 is 0 Å². The van der Waals surface area contributed by atoms with E-state index in [0.717, 1.165) is 11.3 Å². The van der Waals surface area contributed by atoms with Gasteiger partial charge >= 0.3 is 0 Å². The van der Waals surface area contributed by atoms with E-state index >= 15 is 0 Å². The van der Waals surface area contributed by atoms with Gasteiger partial charge < -0.3 is 4.52 Å². The molecule has 0 bridgehead atoms. The van der Waals surface area contributed by atoms with Crippen molar-refractivity contribution < 1.29 is 4.52 Å².